The number of anilines is 1. The highest BCUT2D eigenvalue weighted by atomic mass is 35.5. The molecule has 0 aliphatic carbocycles. The van der Waals surface area contributed by atoms with Crippen LogP contribution in [0.2, 0.25) is 0 Å². The third-order valence-electron chi connectivity index (χ3n) is 2.48. The van der Waals surface area contributed by atoms with Crippen molar-refractivity contribution in [3.8, 4) is 0 Å². The Bertz CT molecular complexity index is 305. The zero-order chi connectivity index (χ0) is 10.0. The number of hydrogen-bond acceptors (Lipinski definition) is 4. The second kappa shape index (κ2) is 6.23. The summed E-state index contributed by atoms with van der Waals surface area (Å²) in [5.41, 5.74) is 1.29. The monoisotopic (exact) mass is 264 g/mol. The minimum atomic E-state index is 0. The third kappa shape index (κ3) is 3.77. The van der Waals surface area contributed by atoms with Gasteiger partial charge < -0.3 is 10.2 Å². The zero-order valence-electron chi connectivity index (χ0n) is 9.51. The third-order valence-corrected chi connectivity index (χ3v) is 2.48. The summed E-state index contributed by atoms with van der Waals surface area (Å²) in [6.07, 6.45) is 5.31. The molecule has 1 saturated heterocycles. The maximum absolute atomic E-state index is 4.03. The Morgan fingerprint density at radius 3 is 2.44 bits per heavy atom. The molecular formula is C10H18Cl2N4. The van der Waals surface area contributed by atoms with Crippen molar-refractivity contribution in [1.82, 2.24) is 15.3 Å². The van der Waals surface area contributed by atoms with E-state index in [-0.39, 0.29) is 30.4 Å². The first-order valence-corrected chi connectivity index (χ1v) is 4.92. The van der Waals surface area contributed by atoms with Gasteiger partial charge in [-0.25, -0.2) is 9.97 Å². The van der Waals surface area contributed by atoms with Crippen LogP contribution in [0.25, 0.3) is 0 Å². The molecule has 92 valence electrons. The van der Waals surface area contributed by atoms with Gasteiger partial charge in [-0.2, -0.15) is 0 Å². The van der Waals surface area contributed by atoms with Crippen molar-refractivity contribution in [3.05, 3.63) is 18.7 Å². The van der Waals surface area contributed by atoms with E-state index in [2.05, 4.69) is 34.0 Å². The van der Waals surface area contributed by atoms with Crippen LogP contribution in [-0.4, -0.2) is 35.1 Å². The summed E-state index contributed by atoms with van der Waals surface area (Å²) in [6, 6.07) is 0. The lowest BCUT2D eigenvalue weighted by atomic mass is 10.0. The molecule has 0 amide bonds. The van der Waals surface area contributed by atoms with Crippen molar-refractivity contribution < 1.29 is 0 Å². The predicted molar refractivity (Wildman–Crippen MR) is 70.8 cm³/mol. The maximum atomic E-state index is 4.03. The van der Waals surface area contributed by atoms with E-state index >= 15 is 0 Å². The van der Waals surface area contributed by atoms with Gasteiger partial charge in [0, 0.05) is 25.2 Å². The largest absolute Gasteiger partial charge is 0.366 e. The van der Waals surface area contributed by atoms with Crippen LogP contribution in [0.1, 0.15) is 13.8 Å². The minimum absolute atomic E-state index is 0. The maximum Gasteiger partial charge on any atom is 0.115 e. The van der Waals surface area contributed by atoms with E-state index in [4.69, 9.17) is 0 Å². The van der Waals surface area contributed by atoms with E-state index in [0.29, 0.717) is 0 Å². The van der Waals surface area contributed by atoms with Crippen LogP contribution in [0.5, 0.6) is 0 Å². The molecule has 1 fully saturated rings. The molecule has 1 aliphatic heterocycles. The van der Waals surface area contributed by atoms with Crippen LogP contribution in [-0.2, 0) is 0 Å². The molecule has 0 bridgehead atoms. The number of piperazine rings is 1. The molecule has 6 heteroatoms. The van der Waals surface area contributed by atoms with Crippen LogP contribution in [0.15, 0.2) is 18.7 Å². The first-order valence-electron chi connectivity index (χ1n) is 4.92. The van der Waals surface area contributed by atoms with Crippen molar-refractivity contribution in [2.75, 3.05) is 24.5 Å². The van der Waals surface area contributed by atoms with Crippen molar-refractivity contribution in [2.45, 2.75) is 19.4 Å². The summed E-state index contributed by atoms with van der Waals surface area (Å²) in [7, 11) is 0. The number of rotatable bonds is 1. The Morgan fingerprint density at radius 1 is 1.25 bits per heavy atom. The molecule has 1 aliphatic rings. The van der Waals surface area contributed by atoms with Gasteiger partial charge in [0.05, 0.1) is 18.1 Å². The zero-order valence-corrected chi connectivity index (χ0v) is 11.1. The van der Waals surface area contributed by atoms with E-state index in [1.54, 1.807) is 6.33 Å². The number of halogens is 2. The fraction of sp³-hybridized carbons (Fsp3) is 0.600. The van der Waals surface area contributed by atoms with Gasteiger partial charge >= 0.3 is 0 Å². The molecule has 0 unspecified atom stereocenters. The molecule has 0 aromatic carbocycles. The Hall–Kier alpha value is -0.580. The molecule has 2 heterocycles. The number of aromatic nitrogens is 2. The normalized spacial score (nSPS) is 18.2. The van der Waals surface area contributed by atoms with Gasteiger partial charge in [-0.3, -0.25) is 0 Å². The topological polar surface area (TPSA) is 41.1 Å². The molecule has 16 heavy (non-hydrogen) atoms. The lowest BCUT2D eigenvalue weighted by Crippen LogP contribution is -2.57. The Balaban J connectivity index is 0.00000112. The fourth-order valence-corrected chi connectivity index (χ4v) is 1.82. The van der Waals surface area contributed by atoms with Gasteiger partial charge in [-0.05, 0) is 13.8 Å². The van der Waals surface area contributed by atoms with Crippen LogP contribution in [0.4, 0.5) is 5.69 Å². The van der Waals surface area contributed by atoms with Crippen LogP contribution in [0.3, 0.4) is 0 Å². The van der Waals surface area contributed by atoms with Crippen LogP contribution >= 0.6 is 24.8 Å². The van der Waals surface area contributed by atoms with Gasteiger partial charge in [0.15, 0.2) is 0 Å². The summed E-state index contributed by atoms with van der Waals surface area (Å²) in [5.74, 6) is 0. The number of hydrogen-bond donors (Lipinski definition) is 1. The molecule has 0 radical (unpaired) electrons. The second-order valence-corrected chi connectivity index (χ2v) is 4.33. The first-order chi connectivity index (χ1) is 6.67. The highest BCUT2D eigenvalue weighted by Crippen LogP contribution is 2.17. The van der Waals surface area contributed by atoms with Gasteiger partial charge in [-0.1, -0.05) is 0 Å². The van der Waals surface area contributed by atoms with Gasteiger partial charge in [0.2, 0.25) is 0 Å². The summed E-state index contributed by atoms with van der Waals surface area (Å²) < 4.78 is 0. The van der Waals surface area contributed by atoms with Gasteiger partial charge in [0.25, 0.3) is 0 Å². The van der Waals surface area contributed by atoms with Crippen molar-refractivity contribution >= 4 is 30.5 Å². The molecule has 0 atom stereocenters. The molecule has 1 aromatic rings. The highest BCUT2D eigenvalue weighted by molar-refractivity contribution is 5.85. The number of nitrogens with one attached hydrogen (secondary N) is 1. The van der Waals surface area contributed by atoms with Crippen molar-refractivity contribution in [3.63, 3.8) is 0 Å². The summed E-state index contributed by atoms with van der Waals surface area (Å²) in [4.78, 5) is 10.4. The molecule has 0 saturated carbocycles. The van der Waals surface area contributed by atoms with Gasteiger partial charge in [0.1, 0.15) is 6.33 Å². The van der Waals surface area contributed by atoms with Crippen molar-refractivity contribution in [2.24, 2.45) is 0 Å². The van der Waals surface area contributed by atoms with Crippen molar-refractivity contribution in [1.29, 1.82) is 0 Å². The summed E-state index contributed by atoms with van der Waals surface area (Å²) >= 11 is 0. The molecule has 0 spiro atoms. The molecule has 1 N–H and O–H groups in total. The Labute approximate surface area is 109 Å². The minimum Gasteiger partial charge on any atom is -0.366 e. The average Bonchev–Trinajstić information content (AvgIpc) is 2.18. The SMILES string of the molecule is CC1(C)CN(c2cncnc2)CCN1.Cl.Cl. The van der Waals surface area contributed by atoms with Crippen LogP contribution < -0.4 is 10.2 Å². The van der Waals surface area contributed by atoms with Gasteiger partial charge in [-0.15, -0.1) is 24.8 Å². The quantitative estimate of drug-likeness (QED) is 0.835. The molecule has 4 nitrogen and oxygen atoms in total. The molecule has 2 rings (SSSR count). The highest BCUT2D eigenvalue weighted by Gasteiger charge is 2.25. The molecule has 1 aromatic heterocycles. The lowest BCUT2D eigenvalue weighted by molar-refractivity contribution is 0.353. The summed E-state index contributed by atoms with van der Waals surface area (Å²) in [6.45, 7) is 7.46. The molecular weight excluding hydrogens is 247 g/mol. The summed E-state index contributed by atoms with van der Waals surface area (Å²) in [5, 5.41) is 3.48. The smallest absolute Gasteiger partial charge is 0.115 e. The Kier molecular flexibility index (Phi) is 6.00. The van der Waals surface area contributed by atoms with Crippen LogP contribution in [0, 0.1) is 0 Å². The Morgan fingerprint density at radius 2 is 1.88 bits per heavy atom. The fourth-order valence-electron chi connectivity index (χ4n) is 1.82. The van der Waals surface area contributed by atoms with E-state index in [1.807, 2.05) is 12.4 Å². The standard InChI is InChI=1S/C10H16N4.2ClH/c1-10(2)7-14(4-3-13-10)9-5-11-8-12-6-9;;/h5-6,8,13H,3-4,7H2,1-2H3;2*1H. The van der Waals surface area contributed by atoms with E-state index in [0.717, 1.165) is 25.3 Å². The predicted octanol–water partition coefficient (Wildman–Crippen LogP) is 1.51. The van der Waals surface area contributed by atoms with E-state index in [1.165, 1.54) is 0 Å². The lowest BCUT2D eigenvalue weighted by Gasteiger charge is -2.40. The average molecular weight is 265 g/mol. The first kappa shape index (κ1) is 15.4. The number of nitrogens with zero attached hydrogens (tertiary/aromatic N) is 3. The second-order valence-electron chi connectivity index (χ2n) is 4.33. The van der Waals surface area contributed by atoms with E-state index in [9.17, 15) is 0 Å². The van der Waals surface area contributed by atoms with E-state index < -0.39 is 0 Å².